The number of thioether (sulfide) groups is 1. The lowest BCUT2D eigenvalue weighted by Crippen LogP contribution is -2.24. The topological polar surface area (TPSA) is 80.3 Å². The predicted octanol–water partition coefficient (Wildman–Crippen LogP) is 4.05. The highest BCUT2D eigenvalue weighted by atomic mass is 32.2. The SMILES string of the molecule is COc1cccc(CNC(=O)Cc2csc(SCC(=O)Nc3ccc(C)cc3)n2)c1. The van der Waals surface area contributed by atoms with Crippen molar-refractivity contribution in [3.8, 4) is 5.75 Å². The summed E-state index contributed by atoms with van der Waals surface area (Å²) in [6, 6.07) is 15.2. The molecular weight excluding hydrogens is 418 g/mol. The molecule has 0 unspecified atom stereocenters. The first-order valence-corrected chi connectivity index (χ1v) is 11.2. The first-order chi connectivity index (χ1) is 14.5. The summed E-state index contributed by atoms with van der Waals surface area (Å²) < 4.78 is 5.95. The van der Waals surface area contributed by atoms with Gasteiger partial charge in [0.15, 0.2) is 4.34 Å². The second kappa shape index (κ2) is 10.8. The van der Waals surface area contributed by atoms with Crippen molar-refractivity contribution in [2.24, 2.45) is 0 Å². The van der Waals surface area contributed by atoms with Gasteiger partial charge in [0.05, 0.1) is 25.0 Å². The van der Waals surface area contributed by atoms with Gasteiger partial charge >= 0.3 is 0 Å². The van der Waals surface area contributed by atoms with E-state index in [1.54, 1.807) is 7.11 Å². The molecule has 0 bridgehead atoms. The van der Waals surface area contributed by atoms with Crippen LogP contribution in [0.2, 0.25) is 0 Å². The Morgan fingerprint density at radius 2 is 1.93 bits per heavy atom. The van der Waals surface area contributed by atoms with Gasteiger partial charge in [-0.2, -0.15) is 0 Å². The van der Waals surface area contributed by atoms with E-state index in [-0.39, 0.29) is 24.0 Å². The van der Waals surface area contributed by atoms with Crippen molar-refractivity contribution < 1.29 is 14.3 Å². The van der Waals surface area contributed by atoms with Crippen LogP contribution in [-0.4, -0.2) is 29.7 Å². The third kappa shape index (κ3) is 6.89. The Bertz CT molecular complexity index is 1000. The third-order valence-corrected chi connectivity index (χ3v) is 6.23. The Hall–Kier alpha value is -2.84. The summed E-state index contributed by atoms with van der Waals surface area (Å²) in [4.78, 5) is 28.7. The Morgan fingerprint density at radius 1 is 1.13 bits per heavy atom. The minimum Gasteiger partial charge on any atom is -0.497 e. The summed E-state index contributed by atoms with van der Waals surface area (Å²) in [5.74, 6) is 0.839. The van der Waals surface area contributed by atoms with Gasteiger partial charge in [-0.15, -0.1) is 11.3 Å². The van der Waals surface area contributed by atoms with E-state index in [1.807, 2.05) is 60.8 Å². The number of methoxy groups -OCH3 is 1. The molecule has 156 valence electrons. The molecule has 2 aromatic carbocycles. The van der Waals surface area contributed by atoms with E-state index < -0.39 is 0 Å². The monoisotopic (exact) mass is 441 g/mol. The molecule has 2 amide bonds. The van der Waals surface area contributed by atoms with Crippen molar-refractivity contribution in [3.05, 3.63) is 70.7 Å². The smallest absolute Gasteiger partial charge is 0.234 e. The van der Waals surface area contributed by atoms with Gasteiger partial charge < -0.3 is 15.4 Å². The van der Waals surface area contributed by atoms with E-state index in [0.29, 0.717) is 12.2 Å². The van der Waals surface area contributed by atoms with Crippen LogP contribution in [0.4, 0.5) is 5.69 Å². The standard InChI is InChI=1S/C22H23N3O3S2/c1-15-6-8-17(9-7-15)24-21(27)14-30-22-25-18(13-29-22)11-20(26)23-12-16-4-3-5-19(10-16)28-2/h3-10,13H,11-12,14H2,1-2H3,(H,23,26)(H,24,27). The molecule has 1 heterocycles. The number of benzene rings is 2. The molecule has 3 rings (SSSR count). The highest BCUT2D eigenvalue weighted by Gasteiger charge is 2.10. The van der Waals surface area contributed by atoms with Crippen molar-refractivity contribution in [2.75, 3.05) is 18.2 Å². The number of hydrogen-bond acceptors (Lipinski definition) is 6. The molecule has 0 aliphatic carbocycles. The summed E-state index contributed by atoms with van der Waals surface area (Å²) >= 11 is 2.80. The fourth-order valence-electron chi connectivity index (χ4n) is 2.61. The van der Waals surface area contributed by atoms with Crippen LogP contribution in [0.15, 0.2) is 58.3 Å². The van der Waals surface area contributed by atoms with E-state index in [9.17, 15) is 9.59 Å². The van der Waals surface area contributed by atoms with Gasteiger partial charge in [0.1, 0.15) is 5.75 Å². The summed E-state index contributed by atoms with van der Waals surface area (Å²) in [6.07, 6.45) is 0.205. The highest BCUT2D eigenvalue weighted by Crippen LogP contribution is 2.23. The lowest BCUT2D eigenvalue weighted by molar-refractivity contribution is -0.120. The fraction of sp³-hybridized carbons (Fsp3) is 0.227. The van der Waals surface area contributed by atoms with Crippen molar-refractivity contribution in [3.63, 3.8) is 0 Å². The molecule has 1 aromatic heterocycles. The number of thiazole rings is 1. The maximum Gasteiger partial charge on any atom is 0.234 e. The van der Waals surface area contributed by atoms with Gasteiger partial charge in [-0.25, -0.2) is 4.98 Å². The zero-order valence-corrected chi connectivity index (χ0v) is 18.4. The molecule has 6 nitrogen and oxygen atoms in total. The normalized spacial score (nSPS) is 10.5. The summed E-state index contributed by atoms with van der Waals surface area (Å²) in [6.45, 7) is 2.43. The first-order valence-electron chi connectivity index (χ1n) is 9.35. The quantitative estimate of drug-likeness (QED) is 0.490. The van der Waals surface area contributed by atoms with Crippen molar-refractivity contribution in [1.29, 1.82) is 0 Å². The highest BCUT2D eigenvalue weighted by molar-refractivity contribution is 8.01. The predicted molar refractivity (Wildman–Crippen MR) is 121 cm³/mol. The maximum absolute atomic E-state index is 12.2. The molecule has 30 heavy (non-hydrogen) atoms. The number of carbonyl (C=O) groups excluding carboxylic acids is 2. The molecule has 0 saturated heterocycles. The largest absolute Gasteiger partial charge is 0.497 e. The number of ether oxygens (including phenoxy) is 1. The van der Waals surface area contributed by atoms with Crippen LogP contribution in [0.1, 0.15) is 16.8 Å². The van der Waals surface area contributed by atoms with Gasteiger partial charge in [-0.1, -0.05) is 41.6 Å². The Labute approximate surface area is 184 Å². The molecule has 0 aliphatic rings. The average molecular weight is 442 g/mol. The van der Waals surface area contributed by atoms with E-state index in [2.05, 4.69) is 15.6 Å². The number of anilines is 1. The average Bonchev–Trinajstić information content (AvgIpc) is 3.20. The van der Waals surface area contributed by atoms with Crippen LogP contribution in [0.25, 0.3) is 0 Å². The zero-order valence-electron chi connectivity index (χ0n) is 16.8. The van der Waals surface area contributed by atoms with Crippen molar-refractivity contribution in [1.82, 2.24) is 10.3 Å². The van der Waals surface area contributed by atoms with E-state index in [0.717, 1.165) is 26.9 Å². The number of amides is 2. The number of aryl methyl sites for hydroxylation is 1. The molecule has 3 aromatic rings. The zero-order chi connectivity index (χ0) is 21.3. The van der Waals surface area contributed by atoms with Crippen LogP contribution in [0.3, 0.4) is 0 Å². The number of aromatic nitrogens is 1. The molecule has 0 spiro atoms. The summed E-state index contributed by atoms with van der Waals surface area (Å²) in [7, 11) is 1.61. The molecule has 0 fully saturated rings. The number of hydrogen-bond donors (Lipinski definition) is 2. The summed E-state index contributed by atoms with van der Waals surface area (Å²) in [5.41, 5.74) is 3.59. The lowest BCUT2D eigenvalue weighted by Gasteiger charge is -2.06. The summed E-state index contributed by atoms with van der Waals surface area (Å²) in [5, 5.41) is 7.60. The Kier molecular flexibility index (Phi) is 7.87. The molecule has 0 atom stereocenters. The number of rotatable bonds is 9. The van der Waals surface area contributed by atoms with Gasteiger partial charge in [0.25, 0.3) is 0 Å². The van der Waals surface area contributed by atoms with Crippen LogP contribution in [0.5, 0.6) is 5.75 Å². The fourth-order valence-corrected chi connectivity index (χ4v) is 4.25. The van der Waals surface area contributed by atoms with E-state index in [4.69, 9.17) is 4.74 Å². The van der Waals surface area contributed by atoms with Gasteiger partial charge in [-0.3, -0.25) is 9.59 Å². The van der Waals surface area contributed by atoms with Crippen LogP contribution in [0, 0.1) is 6.92 Å². The van der Waals surface area contributed by atoms with E-state index >= 15 is 0 Å². The molecule has 0 saturated carbocycles. The van der Waals surface area contributed by atoms with Crippen molar-refractivity contribution >= 4 is 40.6 Å². The Balaban J connectivity index is 1.42. The number of nitrogens with zero attached hydrogens (tertiary/aromatic N) is 1. The van der Waals surface area contributed by atoms with Crippen LogP contribution < -0.4 is 15.4 Å². The molecular formula is C22H23N3O3S2. The minimum atomic E-state index is -0.100. The van der Waals surface area contributed by atoms with E-state index in [1.165, 1.54) is 23.1 Å². The van der Waals surface area contributed by atoms with Gasteiger partial charge in [0, 0.05) is 17.6 Å². The lowest BCUT2D eigenvalue weighted by atomic mass is 10.2. The second-order valence-electron chi connectivity index (χ2n) is 6.61. The second-order valence-corrected chi connectivity index (χ2v) is 8.69. The molecule has 2 N–H and O–H groups in total. The first kappa shape index (κ1) is 21.9. The van der Waals surface area contributed by atoms with Gasteiger partial charge in [0.2, 0.25) is 11.8 Å². The minimum absolute atomic E-state index is 0.0864. The van der Waals surface area contributed by atoms with Crippen LogP contribution in [-0.2, 0) is 22.6 Å². The molecule has 0 aliphatic heterocycles. The van der Waals surface area contributed by atoms with Crippen LogP contribution >= 0.6 is 23.1 Å². The van der Waals surface area contributed by atoms with Crippen molar-refractivity contribution in [2.45, 2.75) is 24.2 Å². The third-order valence-electron chi connectivity index (χ3n) is 4.16. The maximum atomic E-state index is 12.2. The number of carbonyl (C=O) groups is 2. The molecule has 8 heteroatoms. The Morgan fingerprint density at radius 3 is 2.70 bits per heavy atom. The molecule has 0 radical (unpaired) electrons. The van der Waals surface area contributed by atoms with Gasteiger partial charge in [-0.05, 0) is 36.8 Å². The number of nitrogens with one attached hydrogen (secondary N) is 2.